The number of amides is 1. The Morgan fingerprint density at radius 3 is 2.24 bits per heavy atom. The average molecular weight is 280 g/mol. The Morgan fingerprint density at radius 2 is 1.67 bits per heavy atom. The third-order valence-corrected chi connectivity index (χ3v) is 3.50. The maximum Gasteiger partial charge on any atom is 0.227 e. The third kappa shape index (κ3) is 4.09. The summed E-state index contributed by atoms with van der Waals surface area (Å²) in [5.41, 5.74) is 1.51. The Labute approximate surface area is 123 Å². The van der Waals surface area contributed by atoms with Crippen molar-refractivity contribution >= 4 is 17.3 Å². The van der Waals surface area contributed by atoms with Gasteiger partial charge in [-0.05, 0) is 37.1 Å². The minimum Gasteiger partial charge on any atom is -0.360 e. The molecule has 0 aromatic heterocycles. The molecule has 1 aromatic carbocycles. The normalized spacial score (nSPS) is 13.8. The van der Waals surface area contributed by atoms with Gasteiger partial charge in [0.2, 0.25) is 5.91 Å². The van der Waals surface area contributed by atoms with E-state index in [0.29, 0.717) is 0 Å². The molecule has 21 heavy (non-hydrogen) atoms. The van der Waals surface area contributed by atoms with Crippen LogP contribution in [-0.4, -0.2) is 5.91 Å². The van der Waals surface area contributed by atoms with Crippen LogP contribution in [-0.2, 0) is 4.79 Å². The first-order chi connectivity index (χ1) is 10.2. The molecule has 1 aromatic rings. The minimum atomic E-state index is 0.00797. The number of carbonyl (C=O) groups is 1. The van der Waals surface area contributed by atoms with Crippen LogP contribution in [0.2, 0.25) is 0 Å². The maximum atomic E-state index is 12.0. The van der Waals surface area contributed by atoms with Crippen molar-refractivity contribution in [3.63, 3.8) is 0 Å². The van der Waals surface area contributed by atoms with Crippen LogP contribution in [0.15, 0.2) is 36.0 Å². The van der Waals surface area contributed by atoms with E-state index in [-0.39, 0.29) is 17.4 Å². The lowest BCUT2D eigenvalue weighted by molar-refractivity contribution is -0.119. The van der Waals surface area contributed by atoms with Crippen LogP contribution in [0.1, 0.15) is 25.7 Å². The largest absolute Gasteiger partial charge is 0.360 e. The minimum absolute atomic E-state index is 0.00797. The van der Waals surface area contributed by atoms with Crippen molar-refractivity contribution in [2.45, 2.75) is 25.7 Å². The Balaban J connectivity index is 1.93. The van der Waals surface area contributed by atoms with Gasteiger partial charge in [0, 0.05) is 23.5 Å². The lowest BCUT2D eigenvalue weighted by Gasteiger charge is -2.10. The lowest BCUT2D eigenvalue weighted by Crippen LogP contribution is -2.20. The molecular formula is C16H16N4O. The van der Waals surface area contributed by atoms with Gasteiger partial charge in [0.05, 0.1) is 0 Å². The van der Waals surface area contributed by atoms with Crippen molar-refractivity contribution in [2.75, 3.05) is 10.6 Å². The van der Waals surface area contributed by atoms with Gasteiger partial charge in [0.25, 0.3) is 0 Å². The summed E-state index contributed by atoms with van der Waals surface area (Å²) in [6.07, 6.45) is 5.57. The van der Waals surface area contributed by atoms with E-state index in [4.69, 9.17) is 10.5 Å². The summed E-state index contributed by atoms with van der Waals surface area (Å²) < 4.78 is 0. The van der Waals surface area contributed by atoms with E-state index in [0.717, 1.165) is 37.1 Å². The van der Waals surface area contributed by atoms with Gasteiger partial charge in [-0.1, -0.05) is 12.8 Å². The van der Waals surface area contributed by atoms with Crippen LogP contribution in [0.4, 0.5) is 11.4 Å². The summed E-state index contributed by atoms with van der Waals surface area (Å²) >= 11 is 0. The van der Waals surface area contributed by atoms with Gasteiger partial charge in [-0.2, -0.15) is 10.5 Å². The number of nitrogens with zero attached hydrogens (tertiary/aromatic N) is 2. The molecule has 2 rings (SSSR count). The van der Waals surface area contributed by atoms with Crippen LogP contribution in [0.5, 0.6) is 0 Å². The first kappa shape index (κ1) is 14.6. The average Bonchev–Trinajstić information content (AvgIpc) is 3.04. The zero-order valence-electron chi connectivity index (χ0n) is 11.6. The molecule has 0 spiro atoms. The fraction of sp³-hybridized carbons (Fsp3) is 0.312. The summed E-state index contributed by atoms with van der Waals surface area (Å²) in [4.78, 5) is 12.0. The predicted molar refractivity (Wildman–Crippen MR) is 80.0 cm³/mol. The number of anilines is 2. The highest BCUT2D eigenvalue weighted by atomic mass is 16.1. The molecule has 0 atom stereocenters. The van der Waals surface area contributed by atoms with E-state index in [1.54, 1.807) is 36.4 Å². The molecule has 2 N–H and O–H groups in total. The molecule has 1 aliphatic carbocycles. The highest BCUT2D eigenvalue weighted by Gasteiger charge is 2.22. The van der Waals surface area contributed by atoms with Crippen LogP contribution >= 0.6 is 0 Å². The number of carbonyl (C=O) groups excluding carboxylic acids is 1. The molecule has 5 heteroatoms. The topological polar surface area (TPSA) is 88.7 Å². The van der Waals surface area contributed by atoms with Crippen LogP contribution < -0.4 is 10.6 Å². The van der Waals surface area contributed by atoms with Gasteiger partial charge in [-0.25, -0.2) is 0 Å². The molecule has 1 saturated carbocycles. The van der Waals surface area contributed by atoms with E-state index in [9.17, 15) is 4.79 Å². The SMILES string of the molecule is N#CC(C#N)=CNc1ccc(NC(=O)C2CCCC2)cc1. The van der Waals surface area contributed by atoms with Crippen molar-refractivity contribution in [1.82, 2.24) is 0 Å². The highest BCUT2D eigenvalue weighted by Crippen LogP contribution is 2.26. The summed E-state index contributed by atoms with van der Waals surface area (Å²) in [7, 11) is 0. The second kappa shape index (κ2) is 7.12. The molecule has 5 nitrogen and oxygen atoms in total. The van der Waals surface area contributed by atoms with Gasteiger partial charge < -0.3 is 10.6 Å². The Hall–Kier alpha value is -2.79. The molecule has 0 saturated heterocycles. The van der Waals surface area contributed by atoms with E-state index < -0.39 is 0 Å². The second-order valence-corrected chi connectivity index (χ2v) is 4.97. The number of benzene rings is 1. The van der Waals surface area contributed by atoms with Crippen LogP contribution in [0.25, 0.3) is 0 Å². The number of hydrogen-bond acceptors (Lipinski definition) is 4. The highest BCUT2D eigenvalue weighted by molar-refractivity contribution is 5.92. The monoisotopic (exact) mass is 280 g/mol. The summed E-state index contributed by atoms with van der Waals surface area (Å²) in [5.74, 6) is 0.226. The Morgan fingerprint density at radius 1 is 1.10 bits per heavy atom. The summed E-state index contributed by atoms with van der Waals surface area (Å²) in [6, 6.07) is 10.7. The zero-order chi connectivity index (χ0) is 15.1. The Kier molecular flexibility index (Phi) is 4.95. The van der Waals surface area contributed by atoms with Crippen molar-refractivity contribution in [3.8, 4) is 12.1 Å². The van der Waals surface area contributed by atoms with Gasteiger partial charge in [0.15, 0.2) is 0 Å². The van der Waals surface area contributed by atoms with E-state index in [1.807, 2.05) is 0 Å². The molecule has 0 radical (unpaired) electrons. The molecule has 0 aliphatic heterocycles. The van der Waals surface area contributed by atoms with Gasteiger partial charge >= 0.3 is 0 Å². The van der Waals surface area contributed by atoms with E-state index in [1.165, 1.54) is 6.20 Å². The Bertz CT molecular complexity index is 597. The molecule has 0 unspecified atom stereocenters. The number of hydrogen-bond donors (Lipinski definition) is 2. The molecule has 0 heterocycles. The lowest BCUT2D eigenvalue weighted by atomic mass is 10.1. The van der Waals surface area contributed by atoms with Crippen molar-refractivity contribution < 1.29 is 4.79 Å². The molecule has 1 amide bonds. The fourth-order valence-corrected chi connectivity index (χ4v) is 2.33. The van der Waals surface area contributed by atoms with E-state index in [2.05, 4.69) is 10.6 Å². The maximum absolute atomic E-state index is 12.0. The first-order valence-electron chi connectivity index (χ1n) is 6.91. The number of nitrogens with one attached hydrogen (secondary N) is 2. The predicted octanol–water partition coefficient (Wildman–Crippen LogP) is 3.16. The molecular weight excluding hydrogens is 264 g/mol. The van der Waals surface area contributed by atoms with Gasteiger partial charge in [-0.3, -0.25) is 4.79 Å². The number of nitriles is 2. The zero-order valence-corrected chi connectivity index (χ0v) is 11.6. The van der Waals surface area contributed by atoms with Gasteiger partial charge in [-0.15, -0.1) is 0 Å². The second-order valence-electron chi connectivity index (χ2n) is 4.97. The molecule has 106 valence electrons. The first-order valence-corrected chi connectivity index (χ1v) is 6.91. The number of allylic oxidation sites excluding steroid dienone is 1. The van der Waals surface area contributed by atoms with Crippen molar-refractivity contribution in [2.24, 2.45) is 5.92 Å². The van der Waals surface area contributed by atoms with Crippen molar-refractivity contribution in [1.29, 1.82) is 10.5 Å². The molecule has 0 bridgehead atoms. The quantitative estimate of drug-likeness (QED) is 0.829. The third-order valence-electron chi connectivity index (χ3n) is 3.50. The van der Waals surface area contributed by atoms with Crippen LogP contribution in [0.3, 0.4) is 0 Å². The standard InChI is InChI=1S/C16H16N4O/c17-9-12(10-18)11-19-14-5-7-15(8-6-14)20-16(21)13-3-1-2-4-13/h5-8,11,13,19H,1-4H2,(H,20,21). The fourth-order valence-electron chi connectivity index (χ4n) is 2.33. The molecule has 1 aliphatic rings. The smallest absolute Gasteiger partial charge is 0.227 e. The summed E-state index contributed by atoms with van der Waals surface area (Å²) in [5, 5.41) is 23.0. The van der Waals surface area contributed by atoms with Crippen molar-refractivity contribution in [3.05, 3.63) is 36.0 Å². The van der Waals surface area contributed by atoms with E-state index >= 15 is 0 Å². The number of rotatable bonds is 4. The van der Waals surface area contributed by atoms with Gasteiger partial charge in [0.1, 0.15) is 17.7 Å². The van der Waals surface area contributed by atoms with Crippen LogP contribution in [0, 0.1) is 28.6 Å². The molecule has 1 fully saturated rings. The summed E-state index contributed by atoms with van der Waals surface area (Å²) in [6.45, 7) is 0.